The Morgan fingerprint density at radius 3 is 3.12 bits per heavy atom. The molecule has 1 aromatic carbocycles. The molecule has 0 fully saturated rings. The molecule has 1 aliphatic rings. The fraction of sp³-hybridized carbons (Fsp3) is 0.500. The molecule has 0 bridgehead atoms. The molecule has 17 heavy (non-hydrogen) atoms. The summed E-state index contributed by atoms with van der Waals surface area (Å²) in [5.74, 6) is -0.140. The Bertz CT molecular complexity index is 401. The molecule has 2 rings (SSSR count). The lowest BCUT2D eigenvalue weighted by Gasteiger charge is -2.08. The topological polar surface area (TPSA) is 38.3 Å². The van der Waals surface area contributed by atoms with E-state index in [0.29, 0.717) is 13.0 Å². The number of fused-ring (bicyclic) bond motifs is 1. The lowest BCUT2D eigenvalue weighted by Crippen LogP contribution is -2.12. The predicted molar refractivity (Wildman–Crippen MR) is 66.8 cm³/mol. The molecule has 1 aliphatic heterocycles. The van der Waals surface area contributed by atoms with E-state index in [2.05, 4.69) is 17.4 Å². The van der Waals surface area contributed by atoms with Gasteiger partial charge in [0.15, 0.2) is 0 Å². The number of carbonyl (C=O) groups is 1. The highest BCUT2D eigenvalue weighted by Crippen LogP contribution is 2.17. The minimum Gasteiger partial charge on any atom is -0.466 e. The zero-order valence-electron chi connectivity index (χ0n) is 10.3. The largest absolute Gasteiger partial charge is 0.466 e. The Hall–Kier alpha value is -1.35. The van der Waals surface area contributed by atoms with E-state index in [1.54, 1.807) is 0 Å². The van der Waals surface area contributed by atoms with Crippen molar-refractivity contribution in [2.24, 2.45) is 0 Å². The highest BCUT2D eigenvalue weighted by atomic mass is 16.5. The van der Waals surface area contributed by atoms with Crippen molar-refractivity contribution in [2.75, 3.05) is 13.2 Å². The minimum atomic E-state index is -0.140. The molecule has 0 amide bonds. The smallest absolute Gasteiger partial charge is 0.310 e. The molecular weight excluding hydrogens is 214 g/mol. The van der Waals surface area contributed by atoms with Crippen molar-refractivity contribution in [3.05, 3.63) is 34.9 Å². The van der Waals surface area contributed by atoms with Crippen molar-refractivity contribution in [3.8, 4) is 0 Å². The molecule has 0 saturated heterocycles. The first-order valence-corrected chi connectivity index (χ1v) is 6.26. The lowest BCUT2D eigenvalue weighted by atomic mass is 10.00. The third-order valence-electron chi connectivity index (χ3n) is 3.04. The highest BCUT2D eigenvalue weighted by Gasteiger charge is 2.10. The molecule has 3 heteroatoms. The Balaban J connectivity index is 2.09. The standard InChI is InChI=1S/C14H19NO2/c1-2-17-14(16)9-11-5-6-13-10-15-7-3-4-12(13)8-11/h5-6,8,15H,2-4,7,9-10H2,1H3. The Morgan fingerprint density at radius 2 is 2.29 bits per heavy atom. The molecule has 3 nitrogen and oxygen atoms in total. The second kappa shape index (κ2) is 5.82. The quantitative estimate of drug-likeness (QED) is 0.809. The van der Waals surface area contributed by atoms with Crippen molar-refractivity contribution in [2.45, 2.75) is 32.7 Å². The van der Waals surface area contributed by atoms with Crippen LogP contribution in [0, 0.1) is 0 Å². The molecular formula is C14H19NO2. The molecule has 1 heterocycles. The third-order valence-corrected chi connectivity index (χ3v) is 3.04. The van der Waals surface area contributed by atoms with Crippen molar-refractivity contribution in [1.29, 1.82) is 0 Å². The van der Waals surface area contributed by atoms with E-state index in [1.165, 1.54) is 11.1 Å². The van der Waals surface area contributed by atoms with Crippen LogP contribution in [0.2, 0.25) is 0 Å². The van der Waals surface area contributed by atoms with Crippen molar-refractivity contribution >= 4 is 5.97 Å². The normalized spacial score (nSPS) is 14.9. The first-order valence-electron chi connectivity index (χ1n) is 6.26. The first kappa shape index (κ1) is 12.1. The number of nitrogens with one attached hydrogen (secondary N) is 1. The van der Waals surface area contributed by atoms with Gasteiger partial charge in [-0.1, -0.05) is 18.2 Å². The highest BCUT2D eigenvalue weighted by molar-refractivity contribution is 5.72. The number of hydrogen-bond donors (Lipinski definition) is 1. The van der Waals surface area contributed by atoms with E-state index < -0.39 is 0 Å². The SMILES string of the molecule is CCOC(=O)Cc1ccc2c(c1)CCCNC2. The molecule has 0 aromatic heterocycles. The van der Waals surface area contributed by atoms with Gasteiger partial charge >= 0.3 is 5.97 Å². The van der Waals surface area contributed by atoms with Gasteiger partial charge in [0.1, 0.15) is 0 Å². The van der Waals surface area contributed by atoms with Gasteiger partial charge in [-0.15, -0.1) is 0 Å². The van der Waals surface area contributed by atoms with E-state index in [4.69, 9.17) is 4.74 Å². The molecule has 0 atom stereocenters. The van der Waals surface area contributed by atoms with Gasteiger partial charge in [0.05, 0.1) is 13.0 Å². The van der Waals surface area contributed by atoms with Gasteiger partial charge in [-0.2, -0.15) is 0 Å². The van der Waals surface area contributed by atoms with E-state index in [0.717, 1.165) is 31.5 Å². The molecule has 1 N–H and O–H groups in total. The molecule has 0 radical (unpaired) electrons. The molecule has 0 aliphatic carbocycles. The Morgan fingerprint density at radius 1 is 1.41 bits per heavy atom. The van der Waals surface area contributed by atoms with Crippen LogP contribution in [0.1, 0.15) is 30.0 Å². The van der Waals surface area contributed by atoms with Gasteiger partial charge in [-0.05, 0) is 43.0 Å². The molecule has 0 saturated carbocycles. The molecule has 0 unspecified atom stereocenters. The van der Waals surface area contributed by atoms with Crippen LogP contribution in [-0.4, -0.2) is 19.1 Å². The summed E-state index contributed by atoms with van der Waals surface area (Å²) < 4.78 is 4.96. The number of ether oxygens (including phenoxy) is 1. The molecule has 1 aromatic rings. The summed E-state index contributed by atoms with van der Waals surface area (Å²) in [6, 6.07) is 6.31. The zero-order valence-corrected chi connectivity index (χ0v) is 10.3. The van der Waals surface area contributed by atoms with Crippen LogP contribution in [0.5, 0.6) is 0 Å². The maximum atomic E-state index is 11.4. The summed E-state index contributed by atoms with van der Waals surface area (Å²) in [5, 5.41) is 3.39. The maximum absolute atomic E-state index is 11.4. The summed E-state index contributed by atoms with van der Waals surface area (Å²) in [7, 11) is 0. The summed E-state index contributed by atoms with van der Waals surface area (Å²) in [6.07, 6.45) is 2.64. The second-order valence-electron chi connectivity index (χ2n) is 4.37. The van der Waals surface area contributed by atoms with Gasteiger partial charge in [-0.25, -0.2) is 0 Å². The average molecular weight is 233 g/mol. The van der Waals surface area contributed by atoms with Crippen LogP contribution in [-0.2, 0) is 28.9 Å². The molecule has 0 spiro atoms. The fourth-order valence-corrected chi connectivity index (χ4v) is 2.20. The number of aryl methyl sites for hydroxylation is 1. The lowest BCUT2D eigenvalue weighted by molar-refractivity contribution is -0.142. The van der Waals surface area contributed by atoms with E-state index in [-0.39, 0.29) is 5.97 Å². The summed E-state index contributed by atoms with van der Waals surface area (Å²) in [5.41, 5.74) is 3.79. The van der Waals surface area contributed by atoms with Crippen LogP contribution in [0.15, 0.2) is 18.2 Å². The van der Waals surface area contributed by atoms with E-state index in [1.807, 2.05) is 13.0 Å². The second-order valence-corrected chi connectivity index (χ2v) is 4.37. The maximum Gasteiger partial charge on any atom is 0.310 e. The van der Waals surface area contributed by atoms with Gasteiger partial charge in [0, 0.05) is 6.54 Å². The predicted octanol–water partition coefficient (Wildman–Crippen LogP) is 1.83. The number of carbonyl (C=O) groups excluding carboxylic acids is 1. The van der Waals surface area contributed by atoms with Gasteiger partial charge in [-0.3, -0.25) is 4.79 Å². The van der Waals surface area contributed by atoms with Crippen LogP contribution in [0.3, 0.4) is 0 Å². The summed E-state index contributed by atoms with van der Waals surface area (Å²) in [4.78, 5) is 11.4. The van der Waals surface area contributed by atoms with Gasteiger partial charge in [0.25, 0.3) is 0 Å². The fourth-order valence-electron chi connectivity index (χ4n) is 2.20. The Labute approximate surface area is 102 Å². The van der Waals surface area contributed by atoms with Crippen LogP contribution < -0.4 is 5.32 Å². The summed E-state index contributed by atoms with van der Waals surface area (Å²) >= 11 is 0. The van der Waals surface area contributed by atoms with Crippen LogP contribution in [0.25, 0.3) is 0 Å². The van der Waals surface area contributed by atoms with E-state index >= 15 is 0 Å². The number of rotatable bonds is 3. The summed E-state index contributed by atoms with van der Waals surface area (Å²) in [6.45, 7) is 4.30. The number of benzene rings is 1. The van der Waals surface area contributed by atoms with E-state index in [9.17, 15) is 4.79 Å². The third kappa shape index (κ3) is 3.30. The van der Waals surface area contributed by atoms with Crippen molar-refractivity contribution in [3.63, 3.8) is 0 Å². The number of hydrogen-bond acceptors (Lipinski definition) is 3. The van der Waals surface area contributed by atoms with Gasteiger partial charge in [0.2, 0.25) is 0 Å². The zero-order chi connectivity index (χ0) is 12.1. The molecule has 92 valence electrons. The Kier molecular flexibility index (Phi) is 4.15. The number of esters is 1. The monoisotopic (exact) mass is 233 g/mol. The average Bonchev–Trinajstić information content (AvgIpc) is 2.53. The minimum absolute atomic E-state index is 0.140. The van der Waals surface area contributed by atoms with Crippen LogP contribution in [0.4, 0.5) is 0 Å². The first-order chi connectivity index (χ1) is 8.29. The van der Waals surface area contributed by atoms with Crippen molar-refractivity contribution in [1.82, 2.24) is 5.32 Å². The van der Waals surface area contributed by atoms with Crippen molar-refractivity contribution < 1.29 is 9.53 Å². The van der Waals surface area contributed by atoms with Crippen LogP contribution >= 0.6 is 0 Å². The van der Waals surface area contributed by atoms with Gasteiger partial charge < -0.3 is 10.1 Å².